The predicted molar refractivity (Wildman–Crippen MR) is 86.9 cm³/mol. The minimum absolute atomic E-state index is 0.0162. The lowest BCUT2D eigenvalue weighted by Crippen LogP contribution is -2.29. The van der Waals surface area contributed by atoms with E-state index >= 15 is 0 Å². The summed E-state index contributed by atoms with van der Waals surface area (Å²) in [5, 5.41) is 19.9. The van der Waals surface area contributed by atoms with Gasteiger partial charge in [0.25, 0.3) is 5.91 Å². The van der Waals surface area contributed by atoms with Crippen LogP contribution in [0.15, 0.2) is 42.1 Å². The highest BCUT2D eigenvalue weighted by Gasteiger charge is 2.16. The van der Waals surface area contributed by atoms with Crippen LogP contribution in [0.4, 0.5) is 0 Å². The molecule has 118 valence electrons. The lowest BCUT2D eigenvalue weighted by atomic mass is 10.0. The van der Waals surface area contributed by atoms with Crippen molar-refractivity contribution in [2.45, 2.75) is 32.9 Å². The molecule has 1 unspecified atom stereocenters. The van der Waals surface area contributed by atoms with Gasteiger partial charge in [-0.1, -0.05) is 42.5 Å². The molecule has 2 rings (SSSR count). The van der Waals surface area contributed by atoms with Crippen LogP contribution in [0.25, 0.3) is 6.08 Å². The maximum absolute atomic E-state index is 12.3. The molecule has 0 saturated heterocycles. The number of amides is 1. The van der Waals surface area contributed by atoms with Crippen LogP contribution in [0.3, 0.4) is 0 Å². The SMILES string of the molecule is CCC(NC(=O)/C(C#N)=C\c1cn(CC)nn1)c1ccccc1. The zero-order valence-electron chi connectivity index (χ0n) is 13.2. The van der Waals surface area contributed by atoms with Crippen molar-refractivity contribution in [1.29, 1.82) is 5.26 Å². The molecule has 1 heterocycles. The lowest BCUT2D eigenvalue weighted by Gasteiger charge is -2.17. The Hall–Kier alpha value is -2.94. The quantitative estimate of drug-likeness (QED) is 0.656. The van der Waals surface area contributed by atoms with Crippen LogP contribution in [0.2, 0.25) is 0 Å². The molecule has 0 aliphatic carbocycles. The van der Waals surface area contributed by atoms with Gasteiger partial charge in [-0.05, 0) is 25.0 Å². The van der Waals surface area contributed by atoms with Crippen molar-refractivity contribution in [3.63, 3.8) is 0 Å². The first-order valence-electron chi connectivity index (χ1n) is 7.55. The fourth-order valence-corrected chi connectivity index (χ4v) is 2.17. The number of carbonyl (C=O) groups excluding carboxylic acids is 1. The molecule has 0 saturated carbocycles. The van der Waals surface area contributed by atoms with Gasteiger partial charge in [0, 0.05) is 6.54 Å². The molecular formula is C17H19N5O. The molecule has 0 spiro atoms. The van der Waals surface area contributed by atoms with E-state index in [0.717, 1.165) is 12.0 Å². The molecule has 0 radical (unpaired) electrons. The van der Waals surface area contributed by atoms with Crippen molar-refractivity contribution in [2.24, 2.45) is 0 Å². The van der Waals surface area contributed by atoms with Gasteiger partial charge in [-0.25, -0.2) is 0 Å². The van der Waals surface area contributed by atoms with Crippen LogP contribution < -0.4 is 5.32 Å². The number of nitrogens with zero attached hydrogens (tertiary/aromatic N) is 4. The van der Waals surface area contributed by atoms with Gasteiger partial charge in [0.15, 0.2) is 0 Å². The molecule has 0 fully saturated rings. The summed E-state index contributed by atoms with van der Waals surface area (Å²) in [5.74, 6) is -0.408. The molecule has 0 aliphatic rings. The monoisotopic (exact) mass is 309 g/mol. The third-order valence-electron chi connectivity index (χ3n) is 3.45. The number of benzene rings is 1. The van der Waals surface area contributed by atoms with Gasteiger partial charge in [-0.15, -0.1) is 5.10 Å². The summed E-state index contributed by atoms with van der Waals surface area (Å²) < 4.78 is 1.64. The van der Waals surface area contributed by atoms with E-state index < -0.39 is 5.91 Å². The number of hydrogen-bond donors (Lipinski definition) is 1. The van der Waals surface area contributed by atoms with Crippen LogP contribution in [-0.2, 0) is 11.3 Å². The number of rotatable bonds is 6. The Morgan fingerprint density at radius 3 is 2.70 bits per heavy atom. The summed E-state index contributed by atoms with van der Waals surface area (Å²) in [7, 11) is 0. The van der Waals surface area contributed by atoms with Crippen molar-refractivity contribution in [3.8, 4) is 6.07 Å². The smallest absolute Gasteiger partial charge is 0.262 e. The Labute approximate surface area is 135 Å². The van der Waals surface area contributed by atoms with E-state index in [-0.39, 0.29) is 11.6 Å². The van der Waals surface area contributed by atoms with Gasteiger partial charge in [0.1, 0.15) is 17.3 Å². The second kappa shape index (κ2) is 7.90. The molecule has 0 aliphatic heterocycles. The minimum Gasteiger partial charge on any atom is -0.345 e. The van der Waals surface area contributed by atoms with Gasteiger partial charge < -0.3 is 5.32 Å². The van der Waals surface area contributed by atoms with Crippen LogP contribution >= 0.6 is 0 Å². The van der Waals surface area contributed by atoms with Crippen molar-refractivity contribution in [3.05, 3.63) is 53.4 Å². The topological polar surface area (TPSA) is 83.6 Å². The molecular weight excluding hydrogens is 290 g/mol. The fraction of sp³-hybridized carbons (Fsp3) is 0.294. The third-order valence-corrected chi connectivity index (χ3v) is 3.45. The maximum Gasteiger partial charge on any atom is 0.262 e. The Morgan fingerprint density at radius 2 is 2.13 bits per heavy atom. The van der Waals surface area contributed by atoms with Crippen molar-refractivity contribution in [2.75, 3.05) is 0 Å². The Kier molecular flexibility index (Phi) is 5.64. The highest BCUT2D eigenvalue weighted by molar-refractivity contribution is 6.01. The summed E-state index contributed by atoms with van der Waals surface area (Å²) in [6, 6.07) is 11.5. The summed E-state index contributed by atoms with van der Waals surface area (Å²) in [6.45, 7) is 4.60. The number of aryl methyl sites for hydroxylation is 1. The zero-order chi connectivity index (χ0) is 16.7. The molecule has 1 atom stereocenters. The average Bonchev–Trinajstić information content (AvgIpc) is 3.05. The van der Waals surface area contributed by atoms with Gasteiger partial charge in [-0.2, -0.15) is 5.26 Å². The van der Waals surface area contributed by atoms with Gasteiger partial charge in [0.05, 0.1) is 12.2 Å². The summed E-state index contributed by atoms with van der Waals surface area (Å²) in [4.78, 5) is 12.3. The van der Waals surface area contributed by atoms with E-state index in [2.05, 4.69) is 15.6 Å². The van der Waals surface area contributed by atoms with E-state index in [9.17, 15) is 10.1 Å². The summed E-state index contributed by atoms with van der Waals surface area (Å²) in [5.41, 5.74) is 1.52. The van der Waals surface area contributed by atoms with Crippen LogP contribution in [0.5, 0.6) is 0 Å². The van der Waals surface area contributed by atoms with Gasteiger partial charge >= 0.3 is 0 Å². The third kappa shape index (κ3) is 4.27. The van der Waals surface area contributed by atoms with Crippen molar-refractivity contribution < 1.29 is 4.79 Å². The Morgan fingerprint density at radius 1 is 1.39 bits per heavy atom. The Bertz CT molecular complexity index is 727. The molecule has 6 heteroatoms. The molecule has 6 nitrogen and oxygen atoms in total. The van der Waals surface area contributed by atoms with Crippen LogP contribution in [0, 0.1) is 11.3 Å². The first kappa shape index (κ1) is 16.4. The highest BCUT2D eigenvalue weighted by Crippen LogP contribution is 2.16. The largest absolute Gasteiger partial charge is 0.345 e. The van der Waals surface area contributed by atoms with Crippen LogP contribution in [0.1, 0.15) is 37.6 Å². The fourth-order valence-electron chi connectivity index (χ4n) is 2.17. The van der Waals surface area contributed by atoms with Crippen LogP contribution in [-0.4, -0.2) is 20.9 Å². The predicted octanol–water partition coefficient (Wildman–Crippen LogP) is 2.47. The summed E-state index contributed by atoms with van der Waals surface area (Å²) >= 11 is 0. The molecule has 2 aromatic rings. The molecule has 1 aromatic carbocycles. The van der Waals surface area contributed by atoms with E-state index in [1.165, 1.54) is 6.08 Å². The summed E-state index contributed by atoms with van der Waals surface area (Å²) in [6.07, 6.45) is 3.88. The lowest BCUT2D eigenvalue weighted by molar-refractivity contribution is -0.117. The first-order chi connectivity index (χ1) is 11.2. The average molecular weight is 309 g/mol. The van der Waals surface area contributed by atoms with Crippen molar-refractivity contribution >= 4 is 12.0 Å². The van der Waals surface area contributed by atoms with E-state index in [4.69, 9.17) is 0 Å². The molecule has 1 aromatic heterocycles. The number of nitriles is 1. The van der Waals surface area contributed by atoms with Gasteiger partial charge in [0.2, 0.25) is 0 Å². The molecule has 1 amide bonds. The maximum atomic E-state index is 12.3. The number of hydrogen-bond acceptors (Lipinski definition) is 4. The van der Waals surface area contributed by atoms with E-state index in [0.29, 0.717) is 12.2 Å². The number of nitrogens with one attached hydrogen (secondary N) is 1. The minimum atomic E-state index is -0.408. The highest BCUT2D eigenvalue weighted by atomic mass is 16.1. The normalized spacial score (nSPS) is 12.5. The van der Waals surface area contributed by atoms with E-state index in [1.54, 1.807) is 10.9 Å². The molecule has 23 heavy (non-hydrogen) atoms. The first-order valence-corrected chi connectivity index (χ1v) is 7.55. The zero-order valence-corrected chi connectivity index (χ0v) is 13.2. The second-order valence-corrected chi connectivity index (χ2v) is 5.01. The van der Waals surface area contributed by atoms with Gasteiger partial charge in [-0.3, -0.25) is 9.48 Å². The second-order valence-electron chi connectivity index (χ2n) is 5.01. The Balaban J connectivity index is 2.15. The number of carbonyl (C=O) groups is 1. The van der Waals surface area contributed by atoms with E-state index in [1.807, 2.05) is 50.2 Å². The molecule has 1 N–H and O–H groups in total. The van der Waals surface area contributed by atoms with Crippen molar-refractivity contribution in [1.82, 2.24) is 20.3 Å². The molecule has 0 bridgehead atoms. The number of aromatic nitrogens is 3. The standard InChI is InChI=1S/C17H19N5O/c1-3-16(13-8-6-5-7-9-13)19-17(23)14(11-18)10-15-12-22(4-2)21-20-15/h5-10,12,16H,3-4H2,1-2H3,(H,19,23)/b14-10-.